The molecule has 0 unspecified atom stereocenters. The van der Waals surface area contributed by atoms with Gasteiger partial charge in [-0.1, -0.05) is 12.8 Å². The zero-order valence-corrected chi connectivity index (χ0v) is 15.0. The molecule has 6 nitrogen and oxygen atoms in total. The zero-order valence-electron chi connectivity index (χ0n) is 14.2. The maximum atomic E-state index is 12.1. The van der Waals surface area contributed by atoms with Crippen molar-refractivity contribution >= 4 is 23.2 Å². The van der Waals surface area contributed by atoms with Crippen LogP contribution in [-0.4, -0.2) is 35.6 Å². The Bertz CT molecular complexity index is 697. The Balaban J connectivity index is 1.75. The number of ether oxygens (including phenoxy) is 1. The summed E-state index contributed by atoms with van der Waals surface area (Å²) in [6.45, 7) is 0.585. The Kier molecular flexibility index (Phi) is 7.40. The van der Waals surface area contributed by atoms with Gasteiger partial charge in [-0.25, -0.2) is 4.98 Å². The topological polar surface area (TPSA) is 88.5 Å². The Morgan fingerprint density at radius 3 is 2.56 bits per heavy atom. The molecule has 2 rings (SSSR count). The number of carbonyl (C=O) groups excluding carboxylic acids is 1. The molecular formula is C18H22N2O4S. The minimum atomic E-state index is -0.758. The van der Waals surface area contributed by atoms with Crippen molar-refractivity contribution in [1.29, 1.82) is 0 Å². The van der Waals surface area contributed by atoms with E-state index < -0.39 is 5.97 Å². The molecular weight excluding hydrogens is 340 g/mol. The van der Waals surface area contributed by atoms with Crippen LogP contribution in [-0.2, 0) is 4.79 Å². The van der Waals surface area contributed by atoms with Crippen molar-refractivity contribution < 1.29 is 19.4 Å². The van der Waals surface area contributed by atoms with Gasteiger partial charge in [-0.05, 0) is 37.1 Å². The van der Waals surface area contributed by atoms with Crippen LogP contribution in [0.2, 0.25) is 0 Å². The highest BCUT2D eigenvalue weighted by Crippen LogP contribution is 2.26. The highest BCUT2D eigenvalue weighted by molar-refractivity contribution is 7.16. The standard InChI is InChI=1S/C18H22N2O4S/c1-24-14-9-7-13(8-10-14)18-20-12-15(25-18)17(23)19-11-5-3-2-4-6-16(21)22/h7-10,12H,2-6,11H2,1H3,(H,19,23)(H,21,22). The van der Waals surface area contributed by atoms with Crippen molar-refractivity contribution in [1.82, 2.24) is 10.3 Å². The molecule has 0 saturated heterocycles. The smallest absolute Gasteiger partial charge is 0.303 e. The quantitative estimate of drug-likeness (QED) is 0.631. The highest BCUT2D eigenvalue weighted by atomic mass is 32.1. The van der Waals surface area contributed by atoms with Crippen LogP contribution in [0.3, 0.4) is 0 Å². The minimum absolute atomic E-state index is 0.122. The van der Waals surface area contributed by atoms with Crippen LogP contribution in [0.5, 0.6) is 5.75 Å². The van der Waals surface area contributed by atoms with Gasteiger partial charge in [0.1, 0.15) is 15.6 Å². The fraction of sp³-hybridized carbons (Fsp3) is 0.389. The number of aromatic nitrogens is 1. The fourth-order valence-corrected chi connectivity index (χ4v) is 3.13. The lowest BCUT2D eigenvalue weighted by Crippen LogP contribution is -2.23. The van der Waals surface area contributed by atoms with E-state index in [0.717, 1.165) is 35.6 Å². The van der Waals surface area contributed by atoms with E-state index in [1.54, 1.807) is 13.3 Å². The van der Waals surface area contributed by atoms with Gasteiger partial charge in [0.25, 0.3) is 5.91 Å². The molecule has 0 bridgehead atoms. The van der Waals surface area contributed by atoms with Crippen LogP contribution in [0.4, 0.5) is 0 Å². The first kappa shape index (κ1) is 18.9. The summed E-state index contributed by atoms with van der Waals surface area (Å²) >= 11 is 1.35. The molecule has 1 aromatic carbocycles. The van der Waals surface area contributed by atoms with Gasteiger partial charge < -0.3 is 15.2 Å². The Morgan fingerprint density at radius 1 is 1.16 bits per heavy atom. The summed E-state index contributed by atoms with van der Waals surface area (Å²) in [5.74, 6) is -0.101. The molecule has 0 saturated carbocycles. The van der Waals surface area contributed by atoms with Gasteiger partial charge in [-0.2, -0.15) is 0 Å². The number of nitrogens with one attached hydrogen (secondary N) is 1. The molecule has 1 heterocycles. The van der Waals surface area contributed by atoms with E-state index in [1.165, 1.54) is 11.3 Å². The molecule has 7 heteroatoms. The average molecular weight is 362 g/mol. The number of methoxy groups -OCH3 is 1. The number of unbranched alkanes of at least 4 members (excludes halogenated alkanes) is 3. The van der Waals surface area contributed by atoms with E-state index in [-0.39, 0.29) is 12.3 Å². The van der Waals surface area contributed by atoms with Gasteiger partial charge in [0.15, 0.2) is 0 Å². The zero-order chi connectivity index (χ0) is 18.1. The first-order chi connectivity index (χ1) is 12.1. The summed E-state index contributed by atoms with van der Waals surface area (Å²) < 4.78 is 5.13. The lowest BCUT2D eigenvalue weighted by Gasteiger charge is -2.03. The summed E-state index contributed by atoms with van der Waals surface area (Å²) in [6.07, 6.45) is 5.10. The van der Waals surface area contributed by atoms with Crippen molar-refractivity contribution in [3.63, 3.8) is 0 Å². The van der Waals surface area contributed by atoms with Crippen LogP contribution in [0.15, 0.2) is 30.5 Å². The summed E-state index contributed by atoms with van der Waals surface area (Å²) in [7, 11) is 1.62. The summed E-state index contributed by atoms with van der Waals surface area (Å²) in [5.41, 5.74) is 0.947. The number of carboxylic acid groups (broad SMARTS) is 1. The Morgan fingerprint density at radius 2 is 1.88 bits per heavy atom. The van der Waals surface area contributed by atoms with E-state index in [9.17, 15) is 9.59 Å². The number of hydrogen-bond acceptors (Lipinski definition) is 5. The molecule has 0 aliphatic carbocycles. The Hall–Kier alpha value is -2.41. The lowest BCUT2D eigenvalue weighted by molar-refractivity contribution is -0.137. The van der Waals surface area contributed by atoms with Crippen LogP contribution in [0, 0.1) is 0 Å². The molecule has 0 spiro atoms. The number of aliphatic carboxylic acids is 1. The highest BCUT2D eigenvalue weighted by Gasteiger charge is 2.11. The molecule has 0 radical (unpaired) electrons. The SMILES string of the molecule is COc1ccc(-c2ncc(C(=O)NCCCCCCC(=O)O)s2)cc1. The van der Waals surface area contributed by atoms with Crippen LogP contribution >= 0.6 is 11.3 Å². The van der Waals surface area contributed by atoms with Crippen molar-refractivity contribution in [2.24, 2.45) is 0 Å². The average Bonchev–Trinajstić information content (AvgIpc) is 3.10. The maximum absolute atomic E-state index is 12.1. The third-order valence-electron chi connectivity index (χ3n) is 3.67. The second kappa shape index (κ2) is 9.78. The monoisotopic (exact) mass is 362 g/mol. The fourth-order valence-electron chi connectivity index (χ4n) is 2.29. The largest absolute Gasteiger partial charge is 0.497 e. The number of amides is 1. The number of benzene rings is 1. The van der Waals surface area contributed by atoms with E-state index in [2.05, 4.69) is 10.3 Å². The molecule has 2 aromatic rings. The maximum Gasteiger partial charge on any atom is 0.303 e. The molecule has 1 amide bonds. The number of thiazole rings is 1. The van der Waals surface area contributed by atoms with E-state index in [1.807, 2.05) is 24.3 Å². The molecule has 25 heavy (non-hydrogen) atoms. The molecule has 0 aliphatic heterocycles. The van der Waals surface area contributed by atoms with E-state index >= 15 is 0 Å². The predicted molar refractivity (Wildman–Crippen MR) is 97.2 cm³/mol. The molecule has 1 aromatic heterocycles. The first-order valence-corrected chi connectivity index (χ1v) is 9.02. The molecule has 0 atom stereocenters. The summed E-state index contributed by atoms with van der Waals surface area (Å²) in [4.78, 5) is 27.4. The van der Waals surface area contributed by atoms with Crippen molar-refractivity contribution in [2.75, 3.05) is 13.7 Å². The van der Waals surface area contributed by atoms with Gasteiger partial charge in [0.2, 0.25) is 0 Å². The van der Waals surface area contributed by atoms with Crippen molar-refractivity contribution in [2.45, 2.75) is 32.1 Å². The number of nitrogens with zero attached hydrogens (tertiary/aromatic N) is 1. The summed E-state index contributed by atoms with van der Waals surface area (Å²) in [6, 6.07) is 7.55. The first-order valence-electron chi connectivity index (χ1n) is 8.20. The van der Waals surface area contributed by atoms with Crippen LogP contribution < -0.4 is 10.1 Å². The third-order valence-corrected chi connectivity index (χ3v) is 4.71. The number of carboxylic acids is 1. The summed E-state index contributed by atoms with van der Waals surface area (Å²) in [5, 5.41) is 12.2. The number of hydrogen-bond donors (Lipinski definition) is 2. The predicted octanol–water partition coefficient (Wildman–Crippen LogP) is 3.58. The minimum Gasteiger partial charge on any atom is -0.497 e. The molecule has 134 valence electrons. The van der Waals surface area contributed by atoms with Gasteiger partial charge >= 0.3 is 5.97 Å². The number of rotatable bonds is 10. The van der Waals surface area contributed by atoms with Gasteiger partial charge in [0.05, 0.1) is 13.3 Å². The Labute approximate surface area is 150 Å². The van der Waals surface area contributed by atoms with Gasteiger partial charge in [-0.3, -0.25) is 9.59 Å². The van der Waals surface area contributed by atoms with Gasteiger partial charge in [-0.15, -0.1) is 11.3 Å². The third kappa shape index (κ3) is 6.19. The molecule has 0 aliphatic rings. The van der Waals surface area contributed by atoms with E-state index in [4.69, 9.17) is 9.84 Å². The second-order valence-electron chi connectivity index (χ2n) is 5.57. The van der Waals surface area contributed by atoms with Crippen LogP contribution in [0.25, 0.3) is 10.6 Å². The lowest BCUT2D eigenvalue weighted by atomic mass is 10.1. The van der Waals surface area contributed by atoms with Gasteiger partial charge in [0, 0.05) is 18.5 Å². The van der Waals surface area contributed by atoms with E-state index in [0.29, 0.717) is 17.8 Å². The van der Waals surface area contributed by atoms with Crippen molar-refractivity contribution in [3.8, 4) is 16.3 Å². The normalized spacial score (nSPS) is 10.4. The van der Waals surface area contributed by atoms with Crippen LogP contribution in [0.1, 0.15) is 41.8 Å². The number of carbonyl (C=O) groups is 2. The van der Waals surface area contributed by atoms with Crippen molar-refractivity contribution in [3.05, 3.63) is 35.3 Å². The molecule has 0 fully saturated rings. The second-order valence-corrected chi connectivity index (χ2v) is 6.60. The molecule has 2 N–H and O–H groups in total.